The van der Waals surface area contributed by atoms with E-state index >= 15 is 0 Å². The lowest BCUT2D eigenvalue weighted by Crippen LogP contribution is -2.54. The highest BCUT2D eigenvalue weighted by Crippen LogP contribution is 2.46. The average molecular weight is 668 g/mol. The maximum atomic E-state index is 13.6. The van der Waals surface area contributed by atoms with Crippen LogP contribution in [-0.2, 0) is 20.7 Å². The van der Waals surface area contributed by atoms with Crippen molar-refractivity contribution in [3.05, 3.63) is 54.1 Å². The smallest absolute Gasteiger partial charge is 0.492 e. The zero-order valence-corrected chi connectivity index (χ0v) is 23.1. The van der Waals surface area contributed by atoms with E-state index in [-0.39, 0.29) is 31.1 Å². The SMILES string of the molecule is CCOC(Cc1ccc(OCCN(CCOC(F)(F)C(F)(F)C(F)(F)F)C(=O)Nc2ccc(OC(F)(F)F)cc2)cc1)C(=O)O. The lowest BCUT2D eigenvalue weighted by Gasteiger charge is -2.29. The van der Waals surface area contributed by atoms with E-state index in [0.717, 1.165) is 24.3 Å². The summed E-state index contributed by atoms with van der Waals surface area (Å²) in [5, 5.41) is 11.4. The molecule has 0 aliphatic heterocycles. The number of carbonyl (C=O) groups excluding carboxylic acids is 1. The fourth-order valence-corrected chi connectivity index (χ4v) is 3.43. The molecule has 0 radical (unpaired) electrons. The van der Waals surface area contributed by atoms with E-state index in [2.05, 4.69) is 14.8 Å². The van der Waals surface area contributed by atoms with Crippen LogP contribution in [0.5, 0.6) is 11.5 Å². The number of carboxylic acids is 1. The van der Waals surface area contributed by atoms with E-state index in [4.69, 9.17) is 9.47 Å². The molecule has 2 N–H and O–H groups in total. The summed E-state index contributed by atoms with van der Waals surface area (Å²) in [6, 6.07) is 8.36. The molecule has 0 aromatic heterocycles. The van der Waals surface area contributed by atoms with Gasteiger partial charge >= 0.3 is 36.6 Å². The molecule has 252 valence electrons. The van der Waals surface area contributed by atoms with Gasteiger partial charge in [-0.1, -0.05) is 12.1 Å². The number of anilines is 1. The van der Waals surface area contributed by atoms with Crippen LogP contribution in [0.1, 0.15) is 12.5 Å². The van der Waals surface area contributed by atoms with Crippen molar-refractivity contribution >= 4 is 17.7 Å². The molecule has 0 heterocycles. The van der Waals surface area contributed by atoms with Gasteiger partial charge in [-0.15, -0.1) is 13.2 Å². The Morgan fingerprint density at radius 3 is 1.91 bits per heavy atom. The first-order valence-corrected chi connectivity index (χ1v) is 12.7. The highest BCUT2D eigenvalue weighted by Gasteiger charge is 2.74. The van der Waals surface area contributed by atoms with E-state index in [9.17, 15) is 58.6 Å². The van der Waals surface area contributed by atoms with Gasteiger partial charge in [0.05, 0.1) is 13.2 Å². The summed E-state index contributed by atoms with van der Waals surface area (Å²) in [5.41, 5.74) is 0.433. The van der Waals surface area contributed by atoms with E-state index in [1.54, 1.807) is 6.92 Å². The van der Waals surface area contributed by atoms with Gasteiger partial charge in [0.15, 0.2) is 6.10 Å². The molecule has 1 unspecified atom stereocenters. The summed E-state index contributed by atoms with van der Waals surface area (Å²) in [7, 11) is 0. The van der Waals surface area contributed by atoms with Crippen LogP contribution in [0.2, 0.25) is 0 Å². The number of urea groups is 1. The van der Waals surface area contributed by atoms with Crippen LogP contribution in [0.25, 0.3) is 0 Å². The third-order valence-corrected chi connectivity index (χ3v) is 5.61. The molecule has 19 heteroatoms. The molecule has 0 aliphatic rings. The Morgan fingerprint density at radius 2 is 1.40 bits per heavy atom. The molecule has 0 saturated heterocycles. The van der Waals surface area contributed by atoms with Gasteiger partial charge in [0.25, 0.3) is 0 Å². The molecule has 2 amide bonds. The van der Waals surface area contributed by atoms with Crippen LogP contribution in [-0.4, -0.2) is 85.6 Å². The summed E-state index contributed by atoms with van der Waals surface area (Å²) < 4.78 is 145. The quantitative estimate of drug-likeness (QED) is 0.201. The van der Waals surface area contributed by atoms with Gasteiger partial charge in [-0.2, -0.15) is 30.7 Å². The predicted molar refractivity (Wildman–Crippen MR) is 134 cm³/mol. The fraction of sp³-hybridized carbons (Fsp3) is 0.462. The van der Waals surface area contributed by atoms with E-state index < -0.39 is 68.1 Å². The van der Waals surface area contributed by atoms with Gasteiger partial charge in [-0.25, -0.2) is 9.59 Å². The van der Waals surface area contributed by atoms with Crippen LogP contribution >= 0.6 is 0 Å². The number of halogens is 10. The fourth-order valence-electron chi connectivity index (χ4n) is 3.43. The van der Waals surface area contributed by atoms with Gasteiger partial charge in [0.1, 0.15) is 18.1 Å². The number of carbonyl (C=O) groups is 2. The molecule has 0 fully saturated rings. The Morgan fingerprint density at radius 1 is 0.844 bits per heavy atom. The number of amides is 2. The minimum atomic E-state index is -6.64. The van der Waals surface area contributed by atoms with Crippen molar-refractivity contribution in [3.8, 4) is 11.5 Å². The lowest BCUT2D eigenvalue weighted by atomic mass is 10.1. The number of hydrogen-bond donors (Lipinski definition) is 2. The molecule has 0 saturated carbocycles. The number of aliphatic carboxylic acids is 1. The molecule has 2 aromatic carbocycles. The van der Waals surface area contributed by atoms with Crippen LogP contribution in [0.15, 0.2) is 48.5 Å². The average Bonchev–Trinajstić information content (AvgIpc) is 2.92. The first-order chi connectivity index (χ1) is 20.8. The number of carboxylic acid groups (broad SMARTS) is 1. The molecular formula is C26H26F10N2O7. The highest BCUT2D eigenvalue weighted by molar-refractivity contribution is 5.89. The van der Waals surface area contributed by atoms with E-state index in [1.807, 2.05) is 0 Å². The summed E-state index contributed by atoms with van der Waals surface area (Å²) in [4.78, 5) is 24.7. The summed E-state index contributed by atoms with van der Waals surface area (Å²) in [6.45, 7) is -1.52. The van der Waals surface area contributed by atoms with Crippen molar-refractivity contribution in [2.45, 2.75) is 44.0 Å². The Labute approximate surface area is 248 Å². The third-order valence-electron chi connectivity index (χ3n) is 5.61. The largest absolute Gasteiger partial charge is 0.573 e. The number of alkyl halides is 10. The van der Waals surface area contributed by atoms with Gasteiger partial charge in [0, 0.05) is 25.3 Å². The van der Waals surface area contributed by atoms with Gasteiger partial charge < -0.3 is 34.3 Å². The van der Waals surface area contributed by atoms with Crippen molar-refractivity contribution in [3.63, 3.8) is 0 Å². The third kappa shape index (κ3) is 11.5. The number of rotatable bonds is 16. The van der Waals surface area contributed by atoms with Gasteiger partial charge in [-0.05, 0) is 48.9 Å². The second kappa shape index (κ2) is 15.3. The molecule has 0 aliphatic carbocycles. The van der Waals surface area contributed by atoms with Crippen molar-refractivity contribution in [1.29, 1.82) is 0 Å². The minimum absolute atomic E-state index is 0.0265. The highest BCUT2D eigenvalue weighted by atomic mass is 19.4. The predicted octanol–water partition coefficient (Wildman–Crippen LogP) is 6.34. The molecule has 2 rings (SSSR count). The number of nitrogens with zero attached hydrogens (tertiary/aromatic N) is 1. The normalized spacial score (nSPS) is 13.2. The Balaban J connectivity index is 2.09. The molecule has 0 spiro atoms. The van der Waals surface area contributed by atoms with Crippen molar-refractivity contribution in [1.82, 2.24) is 4.90 Å². The zero-order valence-electron chi connectivity index (χ0n) is 23.1. The van der Waals surface area contributed by atoms with Crippen LogP contribution < -0.4 is 14.8 Å². The lowest BCUT2D eigenvalue weighted by molar-refractivity contribution is -0.423. The van der Waals surface area contributed by atoms with Gasteiger partial charge in [0.2, 0.25) is 0 Å². The zero-order chi connectivity index (χ0) is 34.1. The van der Waals surface area contributed by atoms with Crippen molar-refractivity contribution < 1.29 is 77.5 Å². The first-order valence-electron chi connectivity index (χ1n) is 12.7. The van der Waals surface area contributed by atoms with E-state index in [1.165, 1.54) is 24.3 Å². The summed E-state index contributed by atoms with van der Waals surface area (Å²) in [5.74, 6) is -8.18. The Bertz CT molecular complexity index is 1240. The summed E-state index contributed by atoms with van der Waals surface area (Å²) >= 11 is 0. The molecule has 45 heavy (non-hydrogen) atoms. The topological polar surface area (TPSA) is 107 Å². The maximum absolute atomic E-state index is 13.6. The molecule has 2 aromatic rings. The van der Waals surface area contributed by atoms with Crippen LogP contribution in [0.3, 0.4) is 0 Å². The van der Waals surface area contributed by atoms with E-state index in [0.29, 0.717) is 10.5 Å². The molecule has 9 nitrogen and oxygen atoms in total. The standard InChI is InChI=1S/C26H26F10N2O7/c1-2-42-20(21(39)40)15-16-3-7-18(8-4-16)43-13-11-38(12-14-44-25(32,33)23(27,28)24(29,30)31)22(41)37-17-5-9-19(10-6-17)45-26(34,35)36/h3-10,20H,2,11-15H2,1H3,(H,37,41)(H,39,40). The monoisotopic (exact) mass is 668 g/mol. The first kappa shape index (κ1) is 37.2. The van der Waals surface area contributed by atoms with Crippen molar-refractivity contribution in [2.24, 2.45) is 0 Å². The number of ether oxygens (including phenoxy) is 4. The second-order valence-electron chi connectivity index (χ2n) is 8.91. The Hall–Kier alpha value is -4.00. The second-order valence-corrected chi connectivity index (χ2v) is 8.91. The van der Waals surface area contributed by atoms with Gasteiger partial charge in [-0.3, -0.25) is 0 Å². The molecular weight excluding hydrogens is 642 g/mol. The number of nitrogens with one attached hydrogen (secondary N) is 1. The number of hydrogen-bond acceptors (Lipinski definition) is 6. The maximum Gasteiger partial charge on any atom is 0.573 e. The van der Waals surface area contributed by atoms with Crippen LogP contribution in [0.4, 0.5) is 54.4 Å². The molecule has 0 bridgehead atoms. The number of benzene rings is 2. The van der Waals surface area contributed by atoms with Crippen molar-refractivity contribution in [2.75, 3.05) is 38.2 Å². The molecule has 1 atom stereocenters. The summed E-state index contributed by atoms with van der Waals surface area (Å²) in [6.07, 6.45) is -18.7. The van der Waals surface area contributed by atoms with Crippen LogP contribution in [0, 0.1) is 0 Å². The Kier molecular flexibility index (Phi) is 12.7. The minimum Gasteiger partial charge on any atom is -0.492 e.